The van der Waals surface area contributed by atoms with E-state index in [9.17, 15) is 9.59 Å². The number of rotatable bonds is 13. The predicted octanol–water partition coefficient (Wildman–Crippen LogP) is 5.07. The van der Waals surface area contributed by atoms with Crippen molar-refractivity contribution < 1.29 is 49.1 Å². The minimum absolute atomic E-state index is 0.0231. The van der Waals surface area contributed by atoms with E-state index in [0.717, 1.165) is 12.8 Å². The number of hydrogen-bond donors (Lipinski definition) is 6. The van der Waals surface area contributed by atoms with E-state index in [4.69, 9.17) is 30.6 Å². The standard InChI is InChI=1S/C14H30O2.C6H10O2.2C5H4O3/c1-3-5-7-13(9-11-15)14(10-12-16)8-6-4-2;1-5(7)3-4-6(2)8;2*6-5(7)4-2-1-3-8-4/h13-16H,3-12H2,1-2H3;5-8H,1-2H3;2*1-3H,(H,6,7)/t;5-,6?;;/m.0../s1. The van der Waals surface area contributed by atoms with Crippen LogP contribution < -0.4 is 0 Å². The minimum atomic E-state index is -1.03. The summed E-state index contributed by atoms with van der Waals surface area (Å²) in [4.78, 5) is 19.9. The molecule has 0 saturated heterocycles. The smallest absolute Gasteiger partial charge is 0.371 e. The molecular formula is C30H48O10. The molecule has 2 aromatic rings. The van der Waals surface area contributed by atoms with E-state index in [1.807, 2.05) is 0 Å². The van der Waals surface area contributed by atoms with Crippen LogP contribution in [0.3, 0.4) is 0 Å². The van der Waals surface area contributed by atoms with Crippen LogP contribution in [0, 0.1) is 23.7 Å². The first kappa shape index (κ1) is 39.0. The molecule has 2 aromatic heterocycles. The summed E-state index contributed by atoms with van der Waals surface area (Å²) >= 11 is 0. The molecule has 0 saturated carbocycles. The summed E-state index contributed by atoms with van der Waals surface area (Å²) in [7, 11) is 0. The molecule has 0 radical (unpaired) electrons. The Bertz CT molecular complexity index is 821. The number of aliphatic hydroxyl groups is 4. The zero-order chi connectivity index (χ0) is 30.8. The molecule has 6 N–H and O–H groups in total. The van der Waals surface area contributed by atoms with Crippen molar-refractivity contribution in [2.75, 3.05) is 13.2 Å². The van der Waals surface area contributed by atoms with Crippen molar-refractivity contribution in [2.24, 2.45) is 11.8 Å². The minimum Gasteiger partial charge on any atom is -0.475 e. The molecule has 0 fully saturated rings. The van der Waals surface area contributed by atoms with E-state index in [1.165, 1.54) is 75.3 Å². The lowest BCUT2D eigenvalue weighted by atomic mass is 9.80. The van der Waals surface area contributed by atoms with Gasteiger partial charge < -0.3 is 39.5 Å². The Morgan fingerprint density at radius 3 is 1.25 bits per heavy atom. The van der Waals surface area contributed by atoms with Gasteiger partial charge in [0.25, 0.3) is 0 Å². The molecule has 10 nitrogen and oxygen atoms in total. The van der Waals surface area contributed by atoms with Gasteiger partial charge in [-0.15, -0.1) is 0 Å². The summed E-state index contributed by atoms with van der Waals surface area (Å²) in [5.74, 6) is 3.92. The second-order valence-corrected chi connectivity index (χ2v) is 9.03. The summed E-state index contributed by atoms with van der Waals surface area (Å²) in [6, 6.07) is 5.84. The van der Waals surface area contributed by atoms with E-state index in [1.54, 1.807) is 13.8 Å². The van der Waals surface area contributed by atoms with Crippen LogP contribution in [-0.4, -0.2) is 68.0 Å². The molecule has 0 aliphatic carbocycles. The van der Waals surface area contributed by atoms with Crippen molar-refractivity contribution in [1.29, 1.82) is 0 Å². The number of furan rings is 2. The molecule has 4 atom stereocenters. The van der Waals surface area contributed by atoms with E-state index in [-0.39, 0.29) is 11.5 Å². The number of aliphatic hydroxyl groups excluding tert-OH is 4. The number of hydrogen-bond acceptors (Lipinski definition) is 8. The molecule has 40 heavy (non-hydrogen) atoms. The Morgan fingerprint density at radius 2 is 1.07 bits per heavy atom. The molecule has 0 aromatic carbocycles. The lowest BCUT2D eigenvalue weighted by Crippen LogP contribution is -2.18. The number of aromatic carboxylic acids is 2. The third-order valence-electron chi connectivity index (χ3n) is 5.49. The maximum atomic E-state index is 9.97. The molecule has 0 amide bonds. The molecular weight excluding hydrogens is 520 g/mol. The molecule has 2 heterocycles. The van der Waals surface area contributed by atoms with Crippen LogP contribution in [0.25, 0.3) is 0 Å². The second-order valence-electron chi connectivity index (χ2n) is 9.03. The van der Waals surface area contributed by atoms with Gasteiger partial charge in [0, 0.05) is 13.2 Å². The highest BCUT2D eigenvalue weighted by Gasteiger charge is 2.19. The zero-order valence-corrected chi connectivity index (χ0v) is 24.2. The summed E-state index contributed by atoms with van der Waals surface area (Å²) in [6.45, 7) is 8.11. The van der Waals surface area contributed by atoms with Crippen molar-refractivity contribution in [3.8, 4) is 11.8 Å². The van der Waals surface area contributed by atoms with Gasteiger partial charge in [-0.25, -0.2) is 9.59 Å². The first-order chi connectivity index (χ1) is 19.0. The van der Waals surface area contributed by atoms with Crippen molar-refractivity contribution in [2.45, 2.75) is 91.3 Å². The normalized spacial score (nSPS) is 12.8. The molecule has 2 rings (SSSR count). The second kappa shape index (κ2) is 26.1. The van der Waals surface area contributed by atoms with Crippen molar-refractivity contribution in [3.05, 3.63) is 48.3 Å². The van der Waals surface area contributed by atoms with Crippen molar-refractivity contribution in [3.63, 3.8) is 0 Å². The number of carboxylic acids is 2. The predicted molar refractivity (Wildman–Crippen MR) is 152 cm³/mol. The summed E-state index contributed by atoms with van der Waals surface area (Å²) in [6.07, 6.45) is 10.6. The van der Waals surface area contributed by atoms with Gasteiger partial charge >= 0.3 is 11.9 Å². The molecule has 0 bridgehead atoms. The van der Waals surface area contributed by atoms with E-state index in [2.05, 4.69) is 34.5 Å². The third-order valence-corrected chi connectivity index (χ3v) is 5.49. The van der Waals surface area contributed by atoms with Crippen molar-refractivity contribution in [1.82, 2.24) is 0 Å². The quantitative estimate of drug-likeness (QED) is 0.178. The Morgan fingerprint density at radius 1 is 0.725 bits per heavy atom. The highest BCUT2D eigenvalue weighted by atomic mass is 16.4. The summed E-state index contributed by atoms with van der Waals surface area (Å²) in [5, 5.41) is 51.6. The molecule has 3 unspecified atom stereocenters. The van der Waals surface area contributed by atoms with Gasteiger partial charge in [-0.05, 0) is 62.8 Å². The van der Waals surface area contributed by atoms with E-state index in [0.29, 0.717) is 25.0 Å². The van der Waals surface area contributed by atoms with Crippen LogP contribution in [0.2, 0.25) is 0 Å². The lowest BCUT2D eigenvalue weighted by Gasteiger charge is -2.26. The van der Waals surface area contributed by atoms with Crippen LogP contribution in [0.1, 0.15) is 100 Å². The molecule has 228 valence electrons. The average Bonchev–Trinajstić information content (AvgIpc) is 3.64. The maximum absolute atomic E-state index is 9.97. The van der Waals surface area contributed by atoms with Gasteiger partial charge in [-0.3, -0.25) is 0 Å². The number of carbonyl (C=O) groups is 2. The van der Waals surface area contributed by atoms with E-state index < -0.39 is 24.1 Å². The summed E-state index contributed by atoms with van der Waals surface area (Å²) in [5.41, 5.74) is 0. The fourth-order valence-electron chi connectivity index (χ4n) is 3.54. The fraction of sp³-hybridized carbons (Fsp3) is 0.600. The van der Waals surface area contributed by atoms with Gasteiger partial charge in [0.05, 0.1) is 12.5 Å². The third kappa shape index (κ3) is 22.8. The van der Waals surface area contributed by atoms with E-state index >= 15 is 0 Å². The topological polar surface area (TPSA) is 182 Å². The van der Waals surface area contributed by atoms with Gasteiger partial charge in [-0.1, -0.05) is 64.2 Å². The highest BCUT2D eigenvalue weighted by molar-refractivity contribution is 5.84. The SMILES string of the molecule is CC(O)C#C[C@H](C)O.CCCCC(CCO)C(CCO)CCCC.O=C(O)c1ccco1.O=C(O)c1ccco1. The number of unbranched alkanes of at least 4 members (excludes halogenated alkanes) is 2. The average molecular weight is 569 g/mol. The first-order valence-electron chi connectivity index (χ1n) is 13.7. The van der Waals surface area contributed by atoms with Gasteiger partial charge in [-0.2, -0.15) is 0 Å². The first-order valence-corrected chi connectivity index (χ1v) is 13.7. The maximum Gasteiger partial charge on any atom is 0.371 e. The van der Waals surface area contributed by atoms with Crippen molar-refractivity contribution >= 4 is 11.9 Å². The molecule has 0 spiro atoms. The van der Waals surface area contributed by atoms with Crippen LogP contribution in [0.5, 0.6) is 0 Å². The Hall–Kier alpha value is -3.10. The Kier molecular flexibility index (Phi) is 25.5. The largest absolute Gasteiger partial charge is 0.475 e. The van der Waals surface area contributed by atoms with Crippen LogP contribution in [0.4, 0.5) is 0 Å². The lowest BCUT2D eigenvalue weighted by molar-refractivity contribution is 0.0652. The van der Waals surface area contributed by atoms with Gasteiger partial charge in [0.1, 0.15) is 12.2 Å². The Labute approximate surface area is 237 Å². The molecule has 0 aliphatic rings. The van der Waals surface area contributed by atoms with Gasteiger partial charge in [0.15, 0.2) is 0 Å². The molecule has 0 aliphatic heterocycles. The highest BCUT2D eigenvalue weighted by Crippen LogP contribution is 2.29. The van der Waals surface area contributed by atoms with Gasteiger partial charge in [0.2, 0.25) is 11.5 Å². The molecule has 10 heteroatoms. The van der Waals surface area contributed by atoms with Crippen LogP contribution in [0.15, 0.2) is 45.6 Å². The number of carboxylic acid groups (broad SMARTS) is 2. The zero-order valence-electron chi connectivity index (χ0n) is 24.2. The Balaban J connectivity index is 0. The monoisotopic (exact) mass is 568 g/mol. The van der Waals surface area contributed by atoms with Crippen LogP contribution >= 0.6 is 0 Å². The fourth-order valence-corrected chi connectivity index (χ4v) is 3.54. The van der Waals surface area contributed by atoms with Crippen LogP contribution in [-0.2, 0) is 0 Å². The summed E-state index contributed by atoms with van der Waals surface area (Å²) < 4.78 is 8.99.